The summed E-state index contributed by atoms with van der Waals surface area (Å²) in [5, 5.41) is 0. The van der Waals surface area contributed by atoms with Gasteiger partial charge in [0.1, 0.15) is 0 Å². The van der Waals surface area contributed by atoms with Crippen LogP contribution < -0.4 is 0 Å². The molecular formula is C14H25NO. The first-order chi connectivity index (χ1) is 7.52. The molecule has 92 valence electrons. The fourth-order valence-electron chi connectivity index (χ4n) is 3.50. The first-order valence-electron chi connectivity index (χ1n) is 6.84. The summed E-state index contributed by atoms with van der Waals surface area (Å²) in [6, 6.07) is 1.08. The molecule has 0 aromatic heterocycles. The van der Waals surface area contributed by atoms with Crippen LogP contribution in [0.3, 0.4) is 0 Å². The van der Waals surface area contributed by atoms with E-state index in [0.29, 0.717) is 29.8 Å². The van der Waals surface area contributed by atoms with Gasteiger partial charge in [-0.1, -0.05) is 27.7 Å². The van der Waals surface area contributed by atoms with E-state index in [0.717, 1.165) is 6.42 Å². The lowest BCUT2D eigenvalue weighted by Gasteiger charge is -2.40. The minimum atomic E-state index is 0.288. The summed E-state index contributed by atoms with van der Waals surface area (Å²) < 4.78 is 0. The van der Waals surface area contributed by atoms with Gasteiger partial charge in [0.15, 0.2) is 0 Å². The predicted octanol–water partition coefficient (Wildman–Crippen LogP) is 3.07. The smallest absolute Gasteiger partial charge is 0.226 e. The van der Waals surface area contributed by atoms with Crippen molar-refractivity contribution in [2.75, 3.05) is 0 Å². The van der Waals surface area contributed by atoms with E-state index in [9.17, 15) is 4.79 Å². The van der Waals surface area contributed by atoms with E-state index >= 15 is 0 Å². The molecule has 2 saturated heterocycles. The van der Waals surface area contributed by atoms with Crippen LogP contribution >= 0.6 is 0 Å². The molecule has 2 nitrogen and oxygen atoms in total. The molecule has 2 rings (SSSR count). The maximum absolute atomic E-state index is 12.5. The quantitative estimate of drug-likeness (QED) is 0.704. The topological polar surface area (TPSA) is 20.3 Å². The van der Waals surface area contributed by atoms with Crippen molar-refractivity contribution in [3.63, 3.8) is 0 Å². The van der Waals surface area contributed by atoms with E-state index in [2.05, 4.69) is 32.6 Å². The lowest BCUT2D eigenvalue weighted by molar-refractivity contribution is -0.144. The van der Waals surface area contributed by atoms with Gasteiger partial charge in [-0.15, -0.1) is 0 Å². The van der Waals surface area contributed by atoms with Gasteiger partial charge in [0.05, 0.1) is 0 Å². The fraction of sp³-hybridized carbons (Fsp3) is 0.929. The number of nitrogens with zero attached hydrogens (tertiary/aromatic N) is 1. The summed E-state index contributed by atoms with van der Waals surface area (Å²) in [4.78, 5) is 14.7. The zero-order valence-corrected chi connectivity index (χ0v) is 11.1. The summed E-state index contributed by atoms with van der Waals surface area (Å²) in [5.41, 5.74) is 0. The molecule has 2 fully saturated rings. The molecule has 16 heavy (non-hydrogen) atoms. The van der Waals surface area contributed by atoms with Crippen molar-refractivity contribution < 1.29 is 4.79 Å². The van der Waals surface area contributed by atoms with Crippen LogP contribution in [0.25, 0.3) is 0 Å². The first-order valence-corrected chi connectivity index (χ1v) is 6.84. The lowest BCUT2D eigenvalue weighted by atomic mass is 9.84. The van der Waals surface area contributed by atoms with Gasteiger partial charge >= 0.3 is 0 Å². The molecule has 0 bridgehead atoms. The van der Waals surface area contributed by atoms with Crippen LogP contribution in [0.2, 0.25) is 0 Å². The van der Waals surface area contributed by atoms with Crippen LogP contribution in [0.15, 0.2) is 0 Å². The van der Waals surface area contributed by atoms with E-state index in [1.165, 1.54) is 19.3 Å². The molecule has 0 aromatic rings. The molecule has 0 aliphatic carbocycles. The Kier molecular flexibility index (Phi) is 3.27. The van der Waals surface area contributed by atoms with Gasteiger partial charge in [-0.05, 0) is 37.5 Å². The van der Waals surface area contributed by atoms with Gasteiger partial charge in [0.2, 0.25) is 5.91 Å². The van der Waals surface area contributed by atoms with Gasteiger partial charge in [-0.3, -0.25) is 4.79 Å². The lowest BCUT2D eigenvalue weighted by Crippen LogP contribution is -2.50. The monoisotopic (exact) mass is 223 g/mol. The second-order valence-corrected chi connectivity index (χ2v) is 6.22. The molecule has 2 aliphatic heterocycles. The third-order valence-electron chi connectivity index (χ3n) is 4.50. The molecule has 2 heteroatoms. The SMILES string of the molecule is CC(C)[C@H]1CC[C@H]2CC[C@@H](C(C)C)N2C1=O. The molecule has 1 amide bonds. The molecule has 0 saturated carbocycles. The van der Waals surface area contributed by atoms with Crippen LogP contribution in [0.5, 0.6) is 0 Å². The highest BCUT2D eigenvalue weighted by molar-refractivity contribution is 5.81. The molecule has 2 heterocycles. The van der Waals surface area contributed by atoms with Crippen LogP contribution in [-0.4, -0.2) is 22.9 Å². The van der Waals surface area contributed by atoms with Crippen molar-refractivity contribution in [2.45, 2.75) is 65.5 Å². The van der Waals surface area contributed by atoms with Crippen molar-refractivity contribution in [3.8, 4) is 0 Å². The number of carbonyl (C=O) groups excluding carboxylic acids is 1. The predicted molar refractivity (Wildman–Crippen MR) is 66.1 cm³/mol. The van der Waals surface area contributed by atoms with Gasteiger partial charge in [0, 0.05) is 18.0 Å². The van der Waals surface area contributed by atoms with E-state index in [1.54, 1.807) is 0 Å². The van der Waals surface area contributed by atoms with Crippen molar-refractivity contribution >= 4 is 5.91 Å². The second kappa shape index (κ2) is 4.38. The standard InChI is InChI=1S/C14H25NO/c1-9(2)12-7-5-11-6-8-13(10(3)4)15(11)14(12)16/h9-13H,5-8H2,1-4H3/t11-,12+,13-/m0/s1. The summed E-state index contributed by atoms with van der Waals surface area (Å²) in [7, 11) is 0. The molecule has 0 unspecified atom stereocenters. The molecular weight excluding hydrogens is 198 g/mol. The van der Waals surface area contributed by atoms with Crippen LogP contribution in [0.4, 0.5) is 0 Å². The maximum atomic E-state index is 12.5. The summed E-state index contributed by atoms with van der Waals surface area (Å²) in [5.74, 6) is 1.85. The third-order valence-corrected chi connectivity index (χ3v) is 4.50. The highest BCUT2D eigenvalue weighted by atomic mass is 16.2. The summed E-state index contributed by atoms with van der Waals surface area (Å²) in [6.45, 7) is 8.87. The normalized spacial score (nSPS) is 35.0. The van der Waals surface area contributed by atoms with Crippen molar-refractivity contribution in [2.24, 2.45) is 17.8 Å². The zero-order valence-electron chi connectivity index (χ0n) is 11.1. The van der Waals surface area contributed by atoms with E-state index in [-0.39, 0.29) is 5.92 Å². The average Bonchev–Trinajstić information content (AvgIpc) is 2.61. The third kappa shape index (κ3) is 1.87. The molecule has 3 atom stereocenters. The highest BCUT2D eigenvalue weighted by Crippen LogP contribution is 2.39. The van der Waals surface area contributed by atoms with Crippen LogP contribution in [0.1, 0.15) is 53.4 Å². The number of hydrogen-bond donors (Lipinski definition) is 0. The Morgan fingerprint density at radius 1 is 1.00 bits per heavy atom. The molecule has 0 aromatic carbocycles. The Balaban J connectivity index is 2.16. The fourth-order valence-corrected chi connectivity index (χ4v) is 3.50. The van der Waals surface area contributed by atoms with Gasteiger partial charge in [0.25, 0.3) is 0 Å². The zero-order chi connectivity index (χ0) is 11.9. The number of piperidine rings is 1. The molecule has 2 aliphatic rings. The Bertz CT molecular complexity index is 272. The van der Waals surface area contributed by atoms with Gasteiger partial charge in [-0.25, -0.2) is 0 Å². The van der Waals surface area contributed by atoms with Gasteiger partial charge in [-0.2, -0.15) is 0 Å². The molecule has 0 N–H and O–H groups in total. The Morgan fingerprint density at radius 3 is 2.19 bits per heavy atom. The number of hydrogen-bond acceptors (Lipinski definition) is 1. The molecule has 0 radical (unpaired) electrons. The summed E-state index contributed by atoms with van der Waals surface area (Å²) >= 11 is 0. The summed E-state index contributed by atoms with van der Waals surface area (Å²) in [6.07, 6.45) is 4.80. The average molecular weight is 223 g/mol. The minimum Gasteiger partial charge on any atom is -0.336 e. The van der Waals surface area contributed by atoms with Crippen LogP contribution in [0, 0.1) is 17.8 Å². The highest BCUT2D eigenvalue weighted by Gasteiger charge is 2.44. The van der Waals surface area contributed by atoms with E-state index in [1.807, 2.05) is 0 Å². The van der Waals surface area contributed by atoms with E-state index in [4.69, 9.17) is 0 Å². The number of fused-ring (bicyclic) bond motifs is 1. The minimum absolute atomic E-state index is 0.288. The Morgan fingerprint density at radius 2 is 1.62 bits per heavy atom. The van der Waals surface area contributed by atoms with Crippen molar-refractivity contribution in [3.05, 3.63) is 0 Å². The van der Waals surface area contributed by atoms with Crippen LogP contribution in [-0.2, 0) is 4.79 Å². The second-order valence-electron chi connectivity index (χ2n) is 6.22. The van der Waals surface area contributed by atoms with Gasteiger partial charge < -0.3 is 4.90 Å². The number of rotatable bonds is 2. The number of carbonyl (C=O) groups is 1. The largest absolute Gasteiger partial charge is 0.336 e. The van der Waals surface area contributed by atoms with Crippen molar-refractivity contribution in [1.82, 2.24) is 4.90 Å². The van der Waals surface area contributed by atoms with Crippen molar-refractivity contribution in [1.29, 1.82) is 0 Å². The molecule has 0 spiro atoms. The Hall–Kier alpha value is -0.530. The number of amides is 1. The maximum Gasteiger partial charge on any atom is 0.226 e. The van der Waals surface area contributed by atoms with E-state index < -0.39 is 0 Å². The first kappa shape index (κ1) is 11.9. The Labute approximate surface area is 99.4 Å².